The summed E-state index contributed by atoms with van der Waals surface area (Å²) in [4.78, 5) is 0. The fraction of sp³-hybridized carbons (Fsp3) is 0. The van der Waals surface area contributed by atoms with Gasteiger partial charge in [0.05, 0.1) is 0 Å². The van der Waals surface area contributed by atoms with Crippen molar-refractivity contribution in [1.82, 2.24) is 0 Å². The standard InChI is InChI=1S/C40H26/c1-3-15-27(16-4-1)37-33-23-11-7-19-29(33)31-21-9-13-25-35(31)39(37)40-36-26-14-10-22-32(36)30-20-8-12-24-34(30)38(40)28-17-5-2-6-18-28/h1-26H. The van der Waals surface area contributed by atoms with E-state index in [1.807, 2.05) is 0 Å². The predicted molar refractivity (Wildman–Crippen MR) is 173 cm³/mol. The molecule has 0 aromatic heterocycles. The van der Waals surface area contributed by atoms with Gasteiger partial charge in [-0.1, -0.05) is 158 Å². The molecule has 186 valence electrons. The number of benzene rings is 8. The van der Waals surface area contributed by atoms with Crippen molar-refractivity contribution in [3.8, 4) is 33.4 Å². The summed E-state index contributed by atoms with van der Waals surface area (Å²) in [6.07, 6.45) is 0. The summed E-state index contributed by atoms with van der Waals surface area (Å²) in [6.45, 7) is 0. The number of hydrogen-bond acceptors (Lipinski definition) is 0. The second kappa shape index (κ2) is 9.22. The largest absolute Gasteiger partial charge is 0.0622 e. The molecule has 0 fully saturated rings. The zero-order valence-electron chi connectivity index (χ0n) is 22.0. The van der Waals surface area contributed by atoms with E-state index in [0.717, 1.165) is 0 Å². The van der Waals surface area contributed by atoms with E-state index in [9.17, 15) is 0 Å². The van der Waals surface area contributed by atoms with Gasteiger partial charge in [-0.05, 0) is 76.5 Å². The molecule has 0 saturated heterocycles. The van der Waals surface area contributed by atoms with E-state index < -0.39 is 0 Å². The molecule has 0 amide bonds. The van der Waals surface area contributed by atoms with Gasteiger partial charge in [0, 0.05) is 0 Å². The molecule has 8 rings (SSSR count). The molecule has 0 saturated carbocycles. The number of fused-ring (bicyclic) bond motifs is 6. The molecule has 0 radical (unpaired) electrons. The lowest BCUT2D eigenvalue weighted by atomic mass is 9.79. The number of hydrogen-bond donors (Lipinski definition) is 0. The van der Waals surface area contributed by atoms with Crippen molar-refractivity contribution in [3.63, 3.8) is 0 Å². The van der Waals surface area contributed by atoms with E-state index in [2.05, 4.69) is 158 Å². The maximum absolute atomic E-state index is 2.31. The van der Waals surface area contributed by atoms with Crippen LogP contribution in [0.25, 0.3) is 76.5 Å². The fourth-order valence-electron chi connectivity index (χ4n) is 6.61. The van der Waals surface area contributed by atoms with Crippen LogP contribution in [0.15, 0.2) is 158 Å². The average Bonchev–Trinajstić information content (AvgIpc) is 3.04. The molecule has 8 aromatic carbocycles. The first-order valence-electron chi connectivity index (χ1n) is 13.9. The summed E-state index contributed by atoms with van der Waals surface area (Å²) in [6, 6.07) is 57.5. The van der Waals surface area contributed by atoms with Gasteiger partial charge in [-0.25, -0.2) is 0 Å². The van der Waals surface area contributed by atoms with E-state index in [1.54, 1.807) is 0 Å². The molecule has 0 N–H and O–H groups in total. The highest BCUT2D eigenvalue weighted by atomic mass is 14.3. The Morgan fingerprint density at radius 1 is 0.175 bits per heavy atom. The van der Waals surface area contributed by atoms with Crippen LogP contribution in [0.4, 0.5) is 0 Å². The van der Waals surface area contributed by atoms with Crippen LogP contribution in [0.2, 0.25) is 0 Å². The third-order valence-corrected chi connectivity index (χ3v) is 8.24. The van der Waals surface area contributed by atoms with Gasteiger partial charge < -0.3 is 0 Å². The molecule has 0 bridgehead atoms. The quantitative estimate of drug-likeness (QED) is 0.209. The Kier molecular flexibility index (Phi) is 5.24. The fourth-order valence-corrected chi connectivity index (χ4v) is 6.61. The van der Waals surface area contributed by atoms with Crippen LogP contribution in [0.5, 0.6) is 0 Å². The molecular formula is C40H26. The van der Waals surface area contributed by atoms with Gasteiger partial charge in [0.25, 0.3) is 0 Å². The Hall–Kier alpha value is -5.20. The third-order valence-electron chi connectivity index (χ3n) is 8.24. The summed E-state index contributed by atoms with van der Waals surface area (Å²) < 4.78 is 0. The summed E-state index contributed by atoms with van der Waals surface area (Å²) in [7, 11) is 0. The Morgan fingerprint density at radius 3 is 0.700 bits per heavy atom. The first kappa shape index (κ1) is 22.8. The van der Waals surface area contributed by atoms with E-state index in [0.29, 0.717) is 0 Å². The first-order chi connectivity index (χ1) is 19.9. The third kappa shape index (κ3) is 3.40. The van der Waals surface area contributed by atoms with Crippen molar-refractivity contribution < 1.29 is 0 Å². The predicted octanol–water partition coefficient (Wildman–Crippen LogP) is 11.3. The summed E-state index contributed by atoms with van der Waals surface area (Å²) in [5.74, 6) is 0. The Balaban J connectivity index is 1.71. The van der Waals surface area contributed by atoms with Gasteiger partial charge in [0.2, 0.25) is 0 Å². The molecule has 0 aliphatic rings. The molecular weight excluding hydrogens is 480 g/mol. The van der Waals surface area contributed by atoms with E-state index in [4.69, 9.17) is 0 Å². The van der Waals surface area contributed by atoms with Crippen LogP contribution < -0.4 is 0 Å². The first-order valence-corrected chi connectivity index (χ1v) is 13.9. The van der Waals surface area contributed by atoms with Crippen molar-refractivity contribution in [3.05, 3.63) is 158 Å². The minimum Gasteiger partial charge on any atom is -0.0622 e. The van der Waals surface area contributed by atoms with Crippen molar-refractivity contribution in [2.75, 3.05) is 0 Å². The maximum atomic E-state index is 2.31. The second-order valence-corrected chi connectivity index (χ2v) is 10.4. The molecule has 0 unspecified atom stereocenters. The van der Waals surface area contributed by atoms with Gasteiger partial charge in [-0.2, -0.15) is 0 Å². The molecule has 0 atom stereocenters. The van der Waals surface area contributed by atoms with Gasteiger partial charge in [0.1, 0.15) is 0 Å². The lowest BCUT2D eigenvalue weighted by molar-refractivity contribution is 1.63. The van der Waals surface area contributed by atoms with Gasteiger partial charge in [0.15, 0.2) is 0 Å². The molecule has 0 heteroatoms. The monoisotopic (exact) mass is 506 g/mol. The minimum absolute atomic E-state index is 1.23. The topological polar surface area (TPSA) is 0 Å². The lowest BCUT2D eigenvalue weighted by Gasteiger charge is -2.24. The van der Waals surface area contributed by atoms with E-state index >= 15 is 0 Å². The lowest BCUT2D eigenvalue weighted by Crippen LogP contribution is -1.96. The highest BCUT2D eigenvalue weighted by Crippen LogP contribution is 2.51. The Morgan fingerprint density at radius 2 is 0.400 bits per heavy atom. The molecule has 0 aliphatic carbocycles. The zero-order chi connectivity index (χ0) is 26.5. The van der Waals surface area contributed by atoms with Gasteiger partial charge >= 0.3 is 0 Å². The number of rotatable bonds is 3. The Labute approximate surface area is 233 Å². The van der Waals surface area contributed by atoms with Crippen molar-refractivity contribution >= 4 is 43.1 Å². The highest BCUT2D eigenvalue weighted by molar-refractivity contribution is 6.29. The SMILES string of the molecule is c1ccc(-c2c(-c3c(-c4ccccc4)c4ccccc4c4ccccc34)c3ccccc3c3ccccc23)cc1. The van der Waals surface area contributed by atoms with E-state index in [1.165, 1.54) is 76.5 Å². The normalized spacial score (nSPS) is 11.5. The van der Waals surface area contributed by atoms with Crippen LogP contribution in [0.3, 0.4) is 0 Å². The van der Waals surface area contributed by atoms with Crippen LogP contribution in [0, 0.1) is 0 Å². The van der Waals surface area contributed by atoms with Gasteiger partial charge in [-0.15, -0.1) is 0 Å². The molecule has 0 nitrogen and oxygen atoms in total. The average molecular weight is 507 g/mol. The molecule has 40 heavy (non-hydrogen) atoms. The summed E-state index contributed by atoms with van der Waals surface area (Å²) in [5, 5.41) is 10.2. The maximum Gasteiger partial charge on any atom is -0.000764 e. The minimum atomic E-state index is 1.23. The molecule has 0 spiro atoms. The molecule has 0 heterocycles. The second-order valence-electron chi connectivity index (χ2n) is 10.4. The summed E-state index contributed by atoms with van der Waals surface area (Å²) in [5.41, 5.74) is 7.62. The van der Waals surface area contributed by atoms with Gasteiger partial charge in [-0.3, -0.25) is 0 Å². The van der Waals surface area contributed by atoms with Crippen LogP contribution in [0.1, 0.15) is 0 Å². The Bertz CT molecular complexity index is 2030. The van der Waals surface area contributed by atoms with Crippen LogP contribution >= 0.6 is 0 Å². The molecule has 0 aliphatic heterocycles. The zero-order valence-corrected chi connectivity index (χ0v) is 22.0. The van der Waals surface area contributed by atoms with Crippen molar-refractivity contribution in [2.24, 2.45) is 0 Å². The van der Waals surface area contributed by atoms with Crippen molar-refractivity contribution in [2.45, 2.75) is 0 Å². The molecule has 8 aromatic rings. The highest BCUT2D eigenvalue weighted by Gasteiger charge is 2.23. The van der Waals surface area contributed by atoms with Crippen LogP contribution in [-0.2, 0) is 0 Å². The summed E-state index contributed by atoms with van der Waals surface area (Å²) >= 11 is 0. The van der Waals surface area contributed by atoms with Crippen LogP contribution in [-0.4, -0.2) is 0 Å². The smallest absolute Gasteiger partial charge is 0.000764 e. The van der Waals surface area contributed by atoms with E-state index in [-0.39, 0.29) is 0 Å². The van der Waals surface area contributed by atoms with Crippen molar-refractivity contribution in [1.29, 1.82) is 0 Å².